The van der Waals surface area contributed by atoms with Crippen molar-refractivity contribution in [2.24, 2.45) is 0 Å². The van der Waals surface area contributed by atoms with E-state index in [0.717, 1.165) is 56.2 Å². The van der Waals surface area contributed by atoms with Crippen molar-refractivity contribution in [1.29, 1.82) is 0 Å². The molecule has 1 saturated heterocycles. The maximum Gasteiger partial charge on any atom is 0.233 e. The molecule has 35 heavy (non-hydrogen) atoms. The second-order valence-corrected chi connectivity index (χ2v) is 9.91. The third-order valence-electron chi connectivity index (χ3n) is 6.51. The van der Waals surface area contributed by atoms with Crippen molar-refractivity contribution in [3.8, 4) is 11.4 Å². The van der Waals surface area contributed by atoms with Crippen LogP contribution in [-0.4, -0.2) is 57.6 Å². The van der Waals surface area contributed by atoms with E-state index in [9.17, 15) is 9.18 Å². The van der Waals surface area contributed by atoms with E-state index < -0.39 is 0 Å². The lowest BCUT2D eigenvalue weighted by Crippen LogP contribution is -2.34. The summed E-state index contributed by atoms with van der Waals surface area (Å²) in [5.41, 5.74) is 1.39. The van der Waals surface area contributed by atoms with Gasteiger partial charge in [-0.3, -0.25) is 9.36 Å². The lowest BCUT2D eigenvalue weighted by atomic mass is 10.1. The Morgan fingerprint density at radius 2 is 1.83 bits per heavy atom. The molecule has 9 heteroatoms. The van der Waals surface area contributed by atoms with Gasteiger partial charge in [0.2, 0.25) is 11.9 Å². The number of halogens is 1. The van der Waals surface area contributed by atoms with Gasteiger partial charge in [-0.2, -0.15) is 0 Å². The van der Waals surface area contributed by atoms with E-state index in [4.69, 9.17) is 4.74 Å². The maximum absolute atomic E-state index is 14.3. The van der Waals surface area contributed by atoms with Crippen molar-refractivity contribution in [1.82, 2.24) is 19.7 Å². The van der Waals surface area contributed by atoms with Crippen molar-refractivity contribution < 1.29 is 13.9 Å². The fraction of sp³-hybridized carbons (Fsp3) is 0.423. The van der Waals surface area contributed by atoms with E-state index in [1.807, 2.05) is 28.8 Å². The molecule has 2 heterocycles. The fourth-order valence-corrected chi connectivity index (χ4v) is 5.33. The number of amides is 1. The summed E-state index contributed by atoms with van der Waals surface area (Å²) >= 11 is 1.36. The highest BCUT2D eigenvalue weighted by atomic mass is 32.2. The lowest BCUT2D eigenvalue weighted by molar-refractivity contribution is -0.129. The lowest BCUT2D eigenvalue weighted by Gasteiger charge is -2.28. The number of carbonyl (C=O) groups excluding carboxylic acids is 1. The number of rotatable bonds is 9. The zero-order valence-electron chi connectivity index (χ0n) is 19.9. The molecule has 2 aromatic carbocycles. The number of carbonyl (C=O) groups is 1. The van der Waals surface area contributed by atoms with Crippen molar-refractivity contribution in [3.05, 3.63) is 59.9 Å². The van der Waals surface area contributed by atoms with E-state index in [-0.39, 0.29) is 30.1 Å². The number of hydrogen-bond donors (Lipinski definition) is 0. The van der Waals surface area contributed by atoms with E-state index in [2.05, 4.69) is 15.1 Å². The number of para-hydroxylation sites is 2. The van der Waals surface area contributed by atoms with Crippen LogP contribution in [0.1, 0.15) is 37.7 Å². The summed E-state index contributed by atoms with van der Waals surface area (Å²) in [5.74, 6) is 1.40. The normalized spacial score (nSPS) is 15.8. The van der Waals surface area contributed by atoms with Gasteiger partial charge in [0.25, 0.3) is 0 Å². The van der Waals surface area contributed by atoms with Gasteiger partial charge in [0.15, 0.2) is 5.16 Å². The summed E-state index contributed by atoms with van der Waals surface area (Å²) < 4.78 is 21.9. The van der Waals surface area contributed by atoms with Gasteiger partial charge >= 0.3 is 0 Å². The molecule has 0 spiro atoms. The molecule has 0 radical (unpaired) electrons. The smallest absolute Gasteiger partial charge is 0.233 e. The van der Waals surface area contributed by atoms with Gasteiger partial charge in [0, 0.05) is 31.2 Å². The average molecular weight is 496 g/mol. The molecule has 2 fully saturated rings. The first-order chi connectivity index (χ1) is 17.2. The molecule has 1 saturated carbocycles. The molecule has 0 N–H and O–H groups in total. The molecular weight excluding hydrogens is 465 g/mol. The molecule has 1 aliphatic carbocycles. The summed E-state index contributed by atoms with van der Waals surface area (Å²) in [6.07, 6.45) is 5.37. The molecule has 5 rings (SSSR count). The summed E-state index contributed by atoms with van der Waals surface area (Å²) in [5, 5.41) is 9.65. The van der Waals surface area contributed by atoms with Crippen LogP contribution in [0.2, 0.25) is 0 Å². The first-order valence-corrected chi connectivity index (χ1v) is 13.1. The minimum absolute atomic E-state index is 0.0187. The second kappa shape index (κ2) is 10.7. The minimum atomic E-state index is -0.277. The number of anilines is 1. The number of hydrogen-bond acceptors (Lipinski definition) is 6. The zero-order chi connectivity index (χ0) is 24.2. The zero-order valence-corrected chi connectivity index (χ0v) is 20.7. The number of thioether (sulfide) groups is 1. The van der Waals surface area contributed by atoms with Crippen LogP contribution in [0.3, 0.4) is 0 Å². The Morgan fingerprint density at radius 3 is 2.57 bits per heavy atom. The molecule has 2 aliphatic rings. The quantitative estimate of drug-likeness (QED) is 0.402. The number of aromatic nitrogens is 3. The number of ether oxygens (including phenoxy) is 1. The number of nitrogens with zero attached hydrogens (tertiary/aromatic N) is 5. The van der Waals surface area contributed by atoms with Gasteiger partial charge in [-0.15, -0.1) is 10.2 Å². The predicted octanol–water partition coefficient (Wildman–Crippen LogP) is 4.69. The van der Waals surface area contributed by atoms with Gasteiger partial charge in [-0.05, 0) is 50.3 Å². The number of piperidine rings is 1. The Labute approximate surface area is 209 Å². The van der Waals surface area contributed by atoms with E-state index in [0.29, 0.717) is 10.7 Å². The molecule has 1 amide bonds. The van der Waals surface area contributed by atoms with Crippen molar-refractivity contribution in [2.45, 2.75) is 49.8 Å². The van der Waals surface area contributed by atoms with E-state index >= 15 is 0 Å². The highest BCUT2D eigenvalue weighted by molar-refractivity contribution is 7.99. The average Bonchev–Trinajstić information content (AvgIpc) is 3.65. The second-order valence-electron chi connectivity index (χ2n) is 8.97. The first kappa shape index (κ1) is 23.7. The molecule has 1 aliphatic heterocycles. The number of benzene rings is 2. The minimum Gasteiger partial charge on any atom is -0.495 e. The molecule has 0 unspecified atom stereocenters. The van der Waals surface area contributed by atoms with Crippen molar-refractivity contribution in [2.75, 3.05) is 30.9 Å². The topological polar surface area (TPSA) is 63.5 Å². The van der Waals surface area contributed by atoms with Crippen molar-refractivity contribution >= 4 is 23.6 Å². The van der Waals surface area contributed by atoms with Gasteiger partial charge in [-0.25, -0.2) is 4.39 Å². The summed E-state index contributed by atoms with van der Waals surface area (Å²) in [4.78, 5) is 17.3. The first-order valence-electron chi connectivity index (χ1n) is 12.1. The Kier molecular flexibility index (Phi) is 7.22. The molecule has 184 valence electrons. The molecule has 0 atom stereocenters. The van der Waals surface area contributed by atoms with Gasteiger partial charge in [-0.1, -0.05) is 42.1 Å². The third kappa shape index (κ3) is 5.29. The molecule has 1 aromatic heterocycles. The summed E-state index contributed by atoms with van der Waals surface area (Å²) in [6, 6.07) is 14.6. The summed E-state index contributed by atoms with van der Waals surface area (Å²) in [6.45, 7) is 2.14. The Hall–Kier alpha value is -3.07. The highest BCUT2D eigenvalue weighted by Crippen LogP contribution is 2.34. The third-order valence-corrected chi connectivity index (χ3v) is 7.43. The SMILES string of the molecule is COc1ccccc1-n1c(SCC(=O)N(Cc2ccccc2F)C2CC2)nnc1N1CCCCC1. The van der Waals surface area contributed by atoms with Crippen LogP contribution in [0.5, 0.6) is 5.75 Å². The molecular formula is C26H30FN5O2S. The van der Waals surface area contributed by atoms with Crippen LogP contribution in [-0.2, 0) is 11.3 Å². The fourth-order valence-electron chi connectivity index (χ4n) is 4.51. The predicted molar refractivity (Wildman–Crippen MR) is 135 cm³/mol. The molecule has 0 bridgehead atoms. The van der Waals surface area contributed by atoms with Crippen LogP contribution in [0, 0.1) is 5.82 Å². The Balaban J connectivity index is 1.39. The largest absolute Gasteiger partial charge is 0.495 e. The Morgan fingerprint density at radius 1 is 1.09 bits per heavy atom. The van der Waals surface area contributed by atoms with Crippen LogP contribution in [0.25, 0.3) is 5.69 Å². The van der Waals surface area contributed by atoms with Gasteiger partial charge in [0.05, 0.1) is 18.6 Å². The van der Waals surface area contributed by atoms with Gasteiger partial charge < -0.3 is 14.5 Å². The number of methoxy groups -OCH3 is 1. The molecule has 7 nitrogen and oxygen atoms in total. The van der Waals surface area contributed by atoms with Crippen LogP contribution < -0.4 is 9.64 Å². The molecule has 3 aromatic rings. The van der Waals surface area contributed by atoms with Crippen LogP contribution in [0.4, 0.5) is 10.3 Å². The monoisotopic (exact) mass is 495 g/mol. The van der Waals surface area contributed by atoms with E-state index in [1.54, 1.807) is 30.2 Å². The summed E-state index contributed by atoms with van der Waals surface area (Å²) in [7, 11) is 1.65. The van der Waals surface area contributed by atoms with Crippen LogP contribution in [0.15, 0.2) is 53.7 Å². The van der Waals surface area contributed by atoms with Gasteiger partial charge in [0.1, 0.15) is 11.6 Å². The van der Waals surface area contributed by atoms with Crippen LogP contribution >= 0.6 is 11.8 Å². The Bertz CT molecular complexity index is 1180. The highest BCUT2D eigenvalue weighted by Gasteiger charge is 2.33. The van der Waals surface area contributed by atoms with Crippen molar-refractivity contribution in [3.63, 3.8) is 0 Å². The maximum atomic E-state index is 14.3. The standard InChI is InChI=1S/C26H30FN5O2S/c1-34-23-12-6-5-11-22(23)32-25(30-15-7-2-8-16-30)28-29-26(32)35-18-24(33)31(20-13-14-20)17-19-9-3-4-10-21(19)27/h3-6,9-12,20H,2,7-8,13-18H2,1H3. The van der Waals surface area contributed by atoms with E-state index in [1.165, 1.54) is 24.2 Å².